The predicted octanol–water partition coefficient (Wildman–Crippen LogP) is 4.81. The molecule has 2 aromatic heterocycles. The van der Waals surface area contributed by atoms with E-state index in [1.54, 1.807) is 12.4 Å². The van der Waals surface area contributed by atoms with Gasteiger partial charge in [0.1, 0.15) is 11.6 Å². The van der Waals surface area contributed by atoms with Crippen LogP contribution >= 0.6 is 0 Å². The van der Waals surface area contributed by atoms with Crippen molar-refractivity contribution in [1.29, 1.82) is 0 Å². The molecule has 0 unspecified atom stereocenters. The van der Waals surface area contributed by atoms with Gasteiger partial charge >= 0.3 is 0 Å². The molecule has 7 heteroatoms. The summed E-state index contributed by atoms with van der Waals surface area (Å²) in [6, 6.07) is 17.7. The first kappa shape index (κ1) is 21.2. The molecule has 0 radical (unpaired) electrons. The zero-order chi connectivity index (χ0) is 22.5. The maximum Gasteiger partial charge on any atom is 0.293 e. The molecule has 0 aliphatic rings. The van der Waals surface area contributed by atoms with Crippen molar-refractivity contribution in [2.75, 3.05) is 5.32 Å². The number of H-pyrrole nitrogens is 1. The quantitative estimate of drug-likeness (QED) is 0.442. The fraction of sp³-hybridized carbons (Fsp3) is 0.200. The van der Waals surface area contributed by atoms with E-state index in [0.29, 0.717) is 17.9 Å². The number of rotatable bonds is 7. The van der Waals surface area contributed by atoms with Gasteiger partial charge in [0.05, 0.1) is 18.0 Å². The molecule has 32 heavy (non-hydrogen) atoms. The van der Waals surface area contributed by atoms with Gasteiger partial charge in [-0.05, 0) is 55.7 Å². The minimum Gasteiger partial charge on any atom is -0.491 e. The molecule has 4 rings (SSSR count). The van der Waals surface area contributed by atoms with Crippen LogP contribution in [0.4, 0.5) is 5.69 Å². The number of hydrogen-bond donors (Lipinski definition) is 2. The molecule has 2 N–H and O–H groups in total. The summed E-state index contributed by atoms with van der Waals surface area (Å²) in [5.41, 5.74) is 4.63. The zero-order valence-corrected chi connectivity index (χ0v) is 18.3. The van der Waals surface area contributed by atoms with Crippen molar-refractivity contribution >= 4 is 11.6 Å². The highest BCUT2D eigenvalue weighted by Crippen LogP contribution is 2.29. The van der Waals surface area contributed by atoms with E-state index in [2.05, 4.69) is 25.5 Å². The molecule has 2 aromatic carbocycles. The third kappa shape index (κ3) is 5.18. The maximum absolute atomic E-state index is 12.7. The Morgan fingerprint density at radius 3 is 2.66 bits per heavy atom. The lowest BCUT2D eigenvalue weighted by Crippen LogP contribution is -2.14. The van der Waals surface area contributed by atoms with E-state index in [1.165, 1.54) is 0 Å². The molecule has 4 aromatic rings. The number of nitrogens with one attached hydrogen (secondary N) is 2. The highest BCUT2D eigenvalue weighted by Gasteiger charge is 2.14. The highest BCUT2D eigenvalue weighted by molar-refractivity contribution is 6.01. The smallest absolute Gasteiger partial charge is 0.293 e. The molecule has 0 bridgehead atoms. The normalized spacial score (nSPS) is 10.9. The largest absolute Gasteiger partial charge is 0.491 e. The third-order valence-corrected chi connectivity index (χ3v) is 4.85. The number of carbonyl (C=O) groups is 1. The van der Waals surface area contributed by atoms with Gasteiger partial charge in [0.25, 0.3) is 5.91 Å². The topological polar surface area (TPSA) is 92.8 Å². The SMILES string of the molecule is Cc1ccc(OC(C)C)cc1-c1cncc(NC(=O)c2nnc(Cc3ccccc3)[nH]2)c1. The van der Waals surface area contributed by atoms with Crippen molar-refractivity contribution in [2.24, 2.45) is 0 Å². The molecule has 0 aliphatic heterocycles. The van der Waals surface area contributed by atoms with Crippen LogP contribution in [0.1, 0.15) is 41.4 Å². The first-order chi connectivity index (χ1) is 15.5. The number of benzene rings is 2. The number of ether oxygens (including phenoxy) is 1. The van der Waals surface area contributed by atoms with Crippen molar-refractivity contribution in [2.45, 2.75) is 33.3 Å². The molecule has 0 atom stereocenters. The van der Waals surface area contributed by atoms with Crippen molar-refractivity contribution in [3.63, 3.8) is 0 Å². The summed E-state index contributed by atoms with van der Waals surface area (Å²) in [7, 11) is 0. The van der Waals surface area contributed by atoms with Gasteiger partial charge in [0.2, 0.25) is 5.82 Å². The number of pyridine rings is 1. The van der Waals surface area contributed by atoms with Crippen molar-refractivity contribution in [1.82, 2.24) is 20.2 Å². The molecule has 2 heterocycles. The van der Waals surface area contributed by atoms with E-state index in [1.807, 2.05) is 75.4 Å². The van der Waals surface area contributed by atoms with Crippen LogP contribution in [0.5, 0.6) is 5.75 Å². The third-order valence-electron chi connectivity index (χ3n) is 4.85. The highest BCUT2D eigenvalue weighted by atomic mass is 16.5. The average Bonchev–Trinajstić information content (AvgIpc) is 3.24. The minimum atomic E-state index is -0.371. The van der Waals surface area contributed by atoms with Crippen LogP contribution in [0.3, 0.4) is 0 Å². The molecule has 0 aliphatic carbocycles. The summed E-state index contributed by atoms with van der Waals surface area (Å²) in [5, 5.41) is 10.9. The van der Waals surface area contributed by atoms with Crippen LogP contribution in [-0.4, -0.2) is 32.2 Å². The van der Waals surface area contributed by atoms with Gasteiger partial charge < -0.3 is 15.0 Å². The van der Waals surface area contributed by atoms with Crippen LogP contribution in [0.25, 0.3) is 11.1 Å². The van der Waals surface area contributed by atoms with Crippen molar-refractivity contribution in [3.8, 4) is 16.9 Å². The van der Waals surface area contributed by atoms with Gasteiger partial charge in [-0.25, -0.2) is 0 Å². The molecular formula is C25H25N5O2. The zero-order valence-electron chi connectivity index (χ0n) is 18.3. The second kappa shape index (κ2) is 9.43. The lowest BCUT2D eigenvalue weighted by atomic mass is 10.0. The van der Waals surface area contributed by atoms with Crippen LogP contribution in [-0.2, 0) is 6.42 Å². The Balaban J connectivity index is 1.49. The Labute approximate surface area is 186 Å². The Kier molecular flexibility index (Phi) is 6.26. The lowest BCUT2D eigenvalue weighted by Gasteiger charge is -2.13. The van der Waals surface area contributed by atoms with Crippen LogP contribution in [0.15, 0.2) is 67.0 Å². The summed E-state index contributed by atoms with van der Waals surface area (Å²) < 4.78 is 5.82. The number of amides is 1. The second-order valence-corrected chi connectivity index (χ2v) is 7.84. The Hall–Kier alpha value is -4.00. The van der Waals surface area contributed by atoms with Crippen LogP contribution in [0.2, 0.25) is 0 Å². The summed E-state index contributed by atoms with van der Waals surface area (Å²) in [5.74, 6) is 1.21. The van der Waals surface area contributed by atoms with Gasteiger partial charge in [0.15, 0.2) is 0 Å². The van der Waals surface area contributed by atoms with E-state index in [4.69, 9.17) is 4.74 Å². The van der Waals surface area contributed by atoms with E-state index in [0.717, 1.165) is 28.0 Å². The first-order valence-corrected chi connectivity index (χ1v) is 10.5. The number of hydrogen-bond acceptors (Lipinski definition) is 5. The van der Waals surface area contributed by atoms with E-state index >= 15 is 0 Å². The summed E-state index contributed by atoms with van der Waals surface area (Å²) in [6.07, 6.45) is 4.03. The van der Waals surface area contributed by atoms with Gasteiger partial charge in [-0.2, -0.15) is 0 Å². The summed E-state index contributed by atoms with van der Waals surface area (Å²) in [6.45, 7) is 6.01. The van der Waals surface area contributed by atoms with E-state index in [-0.39, 0.29) is 17.8 Å². The Morgan fingerprint density at radius 2 is 1.88 bits per heavy atom. The van der Waals surface area contributed by atoms with Gasteiger partial charge in [-0.1, -0.05) is 36.4 Å². The molecule has 162 valence electrons. The standard InChI is InChI=1S/C25H25N5O2/c1-16(2)32-21-10-9-17(3)22(13-21)19-12-20(15-26-14-19)27-25(31)24-28-23(29-30-24)11-18-7-5-4-6-8-18/h4-10,12-16H,11H2,1-3H3,(H,27,31)(H,28,29,30). The number of nitrogens with zero attached hydrogens (tertiary/aromatic N) is 3. The predicted molar refractivity (Wildman–Crippen MR) is 124 cm³/mol. The molecule has 0 fully saturated rings. The number of anilines is 1. The van der Waals surface area contributed by atoms with Crippen LogP contribution < -0.4 is 10.1 Å². The fourth-order valence-corrected chi connectivity index (χ4v) is 3.37. The monoisotopic (exact) mass is 427 g/mol. The Bertz CT molecular complexity index is 1220. The van der Waals surface area contributed by atoms with Crippen molar-refractivity contribution in [3.05, 3.63) is 89.8 Å². The lowest BCUT2D eigenvalue weighted by molar-refractivity contribution is 0.101. The minimum absolute atomic E-state index is 0.0861. The average molecular weight is 428 g/mol. The number of carbonyl (C=O) groups excluding carboxylic acids is 1. The number of aromatic amines is 1. The van der Waals surface area contributed by atoms with E-state index in [9.17, 15) is 4.79 Å². The maximum atomic E-state index is 12.7. The molecule has 0 saturated carbocycles. The van der Waals surface area contributed by atoms with Gasteiger partial charge in [-0.3, -0.25) is 9.78 Å². The summed E-state index contributed by atoms with van der Waals surface area (Å²) >= 11 is 0. The van der Waals surface area contributed by atoms with E-state index < -0.39 is 0 Å². The number of aryl methyl sites for hydroxylation is 1. The van der Waals surface area contributed by atoms with Crippen molar-refractivity contribution < 1.29 is 9.53 Å². The Morgan fingerprint density at radius 1 is 1.06 bits per heavy atom. The first-order valence-electron chi connectivity index (χ1n) is 10.5. The van der Waals surface area contributed by atoms with Gasteiger partial charge in [0, 0.05) is 18.2 Å². The molecule has 1 amide bonds. The molecular weight excluding hydrogens is 402 g/mol. The fourth-order valence-electron chi connectivity index (χ4n) is 3.37. The molecule has 7 nitrogen and oxygen atoms in total. The summed E-state index contributed by atoms with van der Waals surface area (Å²) in [4.78, 5) is 20.0. The second-order valence-electron chi connectivity index (χ2n) is 7.84. The van der Waals surface area contributed by atoms with Gasteiger partial charge in [-0.15, -0.1) is 10.2 Å². The molecule has 0 spiro atoms. The van der Waals surface area contributed by atoms with Crippen LogP contribution in [0, 0.1) is 6.92 Å². The molecule has 0 saturated heterocycles. The number of aromatic nitrogens is 4.